The molecule has 0 aliphatic heterocycles. The summed E-state index contributed by atoms with van der Waals surface area (Å²) in [5, 5.41) is 0. The number of hydrogen-bond acceptors (Lipinski definition) is 2. The first-order valence-corrected chi connectivity index (χ1v) is 7.22. The molecule has 0 spiro atoms. The van der Waals surface area contributed by atoms with Crippen LogP contribution in [-0.4, -0.2) is 11.6 Å². The Morgan fingerprint density at radius 3 is 1.48 bits per heavy atom. The summed E-state index contributed by atoms with van der Waals surface area (Å²) < 4.78 is 0. The number of carbonyl (C=O) groups is 2. The van der Waals surface area contributed by atoms with Gasteiger partial charge in [-0.05, 0) is 78.4 Å². The summed E-state index contributed by atoms with van der Waals surface area (Å²) in [7, 11) is 0. The molecule has 2 heteroatoms. The fourth-order valence-electron chi connectivity index (χ4n) is 2.61. The molecule has 2 aliphatic rings. The molecule has 0 radical (unpaired) electrons. The molecule has 0 unspecified atom stereocenters. The number of rotatable bonds is 0. The second kappa shape index (κ2) is 5.10. The second-order valence-corrected chi connectivity index (χ2v) is 6.86. The fraction of sp³-hybridized carbons (Fsp3) is 0.368. The van der Waals surface area contributed by atoms with Gasteiger partial charge in [0, 0.05) is 5.57 Å². The van der Waals surface area contributed by atoms with Crippen molar-refractivity contribution in [3.8, 4) is 0 Å². The highest BCUT2D eigenvalue weighted by molar-refractivity contribution is 6.11. The normalized spacial score (nSPS) is 20.1. The minimum Gasteiger partial charge on any atom is -0.289 e. The summed E-state index contributed by atoms with van der Waals surface area (Å²) in [5.74, 6) is 0.201. The Hall–Kier alpha value is -1.96. The van der Waals surface area contributed by atoms with Gasteiger partial charge in [0.05, 0.1) is 0 Å². The summed E-state index contributed by atoms with van der Waals surface area (Å²) in [6.07, 6.45) is 7.69. The van der Waals surface area contributed by atoms with Crippen molar-refractivity contribution in [3.63, 3.8) is 0 Å². The Kier molecular flexibility index (Phi) is 3.75. The van der Waals surface area contributed by atoms with Crippen LogP contribution in [0.2, 0.25) is 0 Å². The molecule has 21 heavy (non-hydrogen) atoms. The standard InChI is InChI=1S/C19H22O2/c1-11-7-14(8-12(2)17(11)20)15-9-13(3)18(21)16(10-15)19(4,5)6/h7-10H,1-6H3. The molecule has 2 rings (SSSR count). The van der Waals surface area contributed by atoms with Gasteiger partial charge in [0.2, 0.25) is 0 Å². The van der Waals surface area contributed by atoms with Gasteiger partial charge in [-0.15, -0.1) is 0 Å². The van der Waals surface area contributed by atoms with Crippen LogP contribution >= 0.6 is 0 Å². The zero-order valence-corrected chi connectivity index (χ0v) is 13.6. The van der Waals surface area contributed by atoms with E-state index in [1.807, 2.05) is 65.8 Å². The zero-order chi connectivity index (χ0) is 15.9. The third kappa shape index (κ3) is 2.90. The van der Waals surface area contributed by atoms with Crippen molar-refractivity contribution in [2.75, 3.05) is 0 Å². The molecule has 0 heterocycles. The Bertz CT molecular complexity index is 660. The second-order valence-electron chi connectivity index (χ2n) is 6.86. The van der Waals surface area contributed by atoms with E-state index in [0.29, 0.717) is 0 Å². The van der Waals surface area contributed by atoms with E-state index in [4.69, 9.17) is 0 Å². The molecule has 0 fully saturated rings. The predicted octanol–water partition coefficient (Wildman–Crippen LogP) is 4.26. The molecule has 0 aromatic rings. The smallest absolute Gasteiger partial charge is 0.185 e. The van der Waals surface area contributed by atoms with Crippen molar-refractivity contribution in [2.45, 2.75) is 41.5 Å². The maximum Gasteiger partial charge on any atom is 0.185 e. The molecule has 0 saturated carbocycles. The fourth-order valence-corrected chi connectivity index (χ4v) is 2.61. The first kappa shape index (κ1) is 15.4. The molecular formula is C19H22O2. The predicted molar refractivity (Wildman–Crippen MR) is 85.8 cm³/mol. The van der Waals surface area contributed by atoms with Crippen LogP contribution in [-0.2, 0) is 9.59 Å². The minimum atomic E-state index is -0.194. The van der Waals surface area contributed by atoms with E-state index in [1.165, 1.54) is 0 Å². The van der Waals surface area contributed by atoms with E-state index >= 15 is 0 Å². The lowest BCUT2D eigenvalue weighted by atomic mass is 9.77. The summed E-state index contributed by atoms with van der Waals surface area (Å²) >= 11 is 0. The van der Waals surface area contributed by atoms with Gasteiger partial charge in [0.15, 0.2) is 11.6 Å². The van der Waals surface area contributed by atoms with Crippen LogP contribution in [0, 0.1) is 5.41 Å². The van der Waals surface area contributed by atoms with Crippen molar-refractivity contribution in [2.24, 2.45) is 5.41 Å². The van der Waals surface area contributed by atoms with E-state index in [0.717, 1.165) is 33.4 Å². The number of allylic oxidation sites excluding steroid dienone is 10. The number of carbonyl (C=O) groups excluding carboxylic acids is 2. The molecule has 110 valence electrons. The zero-order valence-electron chi connectivity index (χ0n) is 13.6. The van der Waals surface area contributed by atoms with Crippen LogP contribution in [0.3, 0.4) is 0 Å². The van der Waals surface area contributed by atoms with E-state index in [-0.39, 0.29) is 17.0 Å². The molecule has 2 aliphatic carbocycles. The van der Waals surface area contributed by atoms with Gasteiger partial charge in [-0.2, -0.15) is 0 Å². The Morgan fingerprint density at radius 2 is 1.05 bits per heavy atom. The Balaban J connectivity index is 2.64. The van der Waals surface area contributed by atoms with Crippen molar-refractivity contribution in [3.05, 3.63) is 57.7 Å². The third-order valence-corrected chi connectivity index (χ3v) is 3.88. The van der Waals surface area contributed by atoms with Gasteiger partial charge < -0.3 is 0 Å². The molecule has 2 nitrogen and oxygen atoms in total. The quantitative estimate of drug-likeness (QED) is 0.665. The van der Waals surface area contributed by atoms with E-state index in [1.54, 1.807) is 0 Å². The van der Waals surface area contributed by atoms with Gasteiger partial charge >= 0.3 is 0 Å². The average molecular weight is 282 g/mol. The highest BCUT2D eigenvalue weighted by Gasteiger charge is 2.28. The largest absolute Gasteiger partial charge is 0.289 e. The Labute approximate surface area is 126 Å². The maximum absolute atomic E-state index is 12.3. The van der Waals surface area contributed by atoms with Gasteiger partial charge in [0.1, 0.15) is 0 Å². The average Bonchev–Trinajstić information content (AvgIpc) is 2.37. The maximum atomic E-state index is 12.3. The molecule has 0 saturated heterocycles. The van der Waals surface area contributed by atoms with Gasteiger partial charge in [0.25, 0.3) is 0 Å². The van der Waals surface area contributed by atoms with Crippen molar-refractivity contribution in [1.29, 1.82) is 0 Å². The molecule has 0 aromatic carbocycles. The van der Waals surface area contributed by atoms with Crippen LogP contribution < -0.4 is 0 Å². The SMILES string of the molecule is CC1=CC(=C2C=C(C)C(=O)C(C(C)(C)C)=C2)C=C(C)C1=O. The molecule has 0 bridgehead atoms. The first-order valence-electron chi connectivity index (χ1n) is 7.22. The number of Topliss-reactive ketones (excluding diaryl/α,β-unsaturated/α-hetero) is 2. The molecular weight excluding hydrogens is 260 g/mol. The van der Waals surface area contributed by atoms with Gasteiger partial charge in [-0.3, -0.25) is 9.59 Å². The van der Waals surface area contributed by atoms with Gasteiger partial charge in [-0.25, -0.2) is 0 Å². The molecule has 0 N–H and O–H groups in total. The van der Waals surface area contributed by atoms with E-state index < -0.39 is 0 Å². The van der Waals surface area contributed by atoms with Crippen molar-refractivity contribution < 1.29 is 9.59 Å². The summed E-state index contributed by atoms with van der Waals surface area (Å²) in [5.41, 5.74) is 4.86. The van der Waals surface area contributed by atoms with Crippen LogP contribution in [0.15, 0.2) is 57.7 Å². The van der Waals surface area contributed by atoms with Crippen LogP contribution in [0.4, 0.5) is 0 Å². The Morgan fingerprint density at radius 1 is 0.667 bits per heavy atom. The van der Waals surface area contributed by atoms with Crippen LogP contribution in [0.5, 0.6) is 0 Å². The lowest BCUT2D eigenvalue weighted by molar-refractivity contribution is -0.113. The van der Waals surface area contributed by atoms with Crippen molar-refractivity contribution >= 4 is 11.6 Å². The highest BCUT2D eigenvalue weighted by atomic mass is 16.1. The molecule has 0 aromatic heterocycles. The minimum absolute atomic E-state index is 0.0898. The van der Waals surface area contributed by atoms with E-state index in [2.05, 4.69) is 0 Å². The van der Waals surface area contributed by atoms with E-state index in [9.17, 15) is 9.59 Å². The molecule has 0 amide bonds. The number of hydrogen-bond donors (Lipinski definition) is 0. The summed E-state index contributed by atoms with van der Waals surface area (Å²) in [6, 6.07) is 0. The lowest BCUT2D eigenvalue weighted by Gasteiger charge is -2.26. The van der Waals surface area contributed by atoms with Crippen LogP contribution in [0.1, 0.15) is 41.5 Å². The topological polar surface area (TPSA) is 34.1 Å². The first-order chi connectivity index (χ1) is 9.61. The third-order valence-electron chi connectivity index (χ3n) is 3.88. The summed E-state index contributed by atoms with van der Waals surface area (Å²) in [4.78, 5) is 24.2. The lowest BCUT2D eigenvalue weighted by Crippen LogP contribution is -2.21. The number of ketones is 2. The van der Waals surface area contributed by atoms with Gasteiger partial charge in [-0.1, -0.05) is 20.8 Å². The highest BCUT2D eigenvalue weighted by Crippen LogP contribution is 2.34. The molecule has 0 atom stereocenters. The van der Waals surface area contributed by atoms with Crippen molar-refractivity contribution in [1.82, 2.24) is 0 Å². The monoisotopic (exact) mass is 282 g/mol. The van der Waals surface area contributed by atoms with Crippen LogP contribution in [0.25, 0.3) is 0 Å². The summed E-state index contributed by atoms with van der Waals surface area (Å²) in [6.45, 7) is 11.7.